The molecule has 1 amide bonds. The van der Waals surface area contributed by atoms with E-state index < -0.39 is 11.0 Å². The Hall–Kier alpha value is -2.91. The van der Waals surface area contributed by atoms with Crippen LogP contribution >= 0.6 is 23.2 Å². The molecule has 0 aliphatic rings. The van der Waals surface area contributed by atoms with Crippen LogP contribution in [0.4, 0.5) is 11.5 Å². The fraction of sp³-hybridized carbons (Fsp3) is 0.235. The minimum atomic E-state index is -0.730. The maximum Gasteiger partial charge on any atom is 0.390 e. The van der Waals surface area contributed by atoms with Crippen molar-refractivity contribution in [1.82, 2.24) is 19.6 Å². The van der Waals surface area contributed by atoms with E-state index in [1.165, 1.54) is 16.9 Å². The number of anilines is 1. The first-order valence-electron chi connectivity index (χ1n) is 8.22. The van der Waals surface area contributed by atoms with Gasteiger partial charge in [-0.25, -0.2) is 0 Å². The highest BCUT2D eigenvalue weighted by molar-refractivity contribution is 6.42. The van der Waals surface area contributed by atoms with Crippen molar-refractivity contribution in [2.24, 2.45) is 0 Å². The van der Waals surface area contributed by atoms with Crippen LogP contribution in [0.3, 0.4) is 0 Å². The Morgan fingerprint density at radius 1 is 1.32 bits per heavy atom. The lowest BCUT2D eigenvalue weighted by atomic mass is 10.2. The Balaban J connectivity index is 1.68. The van der Waals surface area contributed by atoms with Crippen molar-refractivity contribution >= 4 is 40.6 Å². The van der Waals surface area contributed by atoms with Crippen molar-refractivity contribution in [2.75, 3.05) is 5.32 Å². The van der Waals surface area contributed by atoms with Crippen molar-refractivity contribution in [3.05, 3.63) is 68.1 Å². The zero-order valence-corrected chi connectivity index (χ0v) is 16.5. The molecule has 0 radical (unpaired) electrons. The van der Waals surface area contributed by atoms with Gasteiger partial charge in [0.15, 0.2) is 0 Å². The lowest BCUT2D eigenvalue weighted by molar-refractivity contribution is -0.389. The minimum Gasteiger partial charge on any atom is -0.358 e. The third kappa shape index (κ3) is 4.32. The van der Waals surface area contributed by atoms with Crippen molar-refractivity contribution in [3.8, 4) is 0 Å². The predicted octanol–water partition coefficient (Wildman–Crippen LogP) is 3.85. The second-order valence-corrected chi connectivity index (χ2v) is 7.00. The third-order valence-corrected chi connectivity index (χ3v) is 4.81. The Kier molecular flexibility index (Phi) is 5.66. The van der Waals surface area contributed by atoms with Crippen molar-refractivity contribution in [2.45, 2.75) is 26.4 Å². The second-order valence-electron chi connectivity index (χ2n) is 6.19. The normalized spacial score (nSPS) is 12.0. The maximum atomic E-state index is 12.5. The summed E-state index contributed by atoms with van der Waals surface area (Å²) in [5.41, 5.74) is 1.92. The first kappa shape index (κ1) is 19.8. The summed E-state index contributed by atoms with van der Waals surface area (Å²) in [7, 11) is 0. The number of amides is 1. The van der Waals surface area contributed by atoms with Crippen molar-refractivity contribution < 1.29 is 9.72 Å². The van der Waals surface area contributed by atoms with Crippen molar-refractivity contribution in [1.29, 1.82) is 0 Å². The summed E-state index contributed by atoms with van der Waals surface area (Å²) in [4.78, 5) is 22.7. The van der Waals surface area contributed by atoms with Gasteiger partial charge in [0, 0.05) is 6.20 Å². The highest BCUT2D eigenvalue weighted by Crippen LogP contribution is 2.23. The van der Waals surface area contributed by atoms with E-state index in [0.29, 0.717) is 28.0 Å². The van der Waals surface area contributed by atoms with E-state index in [9.17, 15) is 14.9 Å². The molecule has 0 spiro atoms. The molecule has 2 heterocycles. The molecule has 11 heteroatoms. The smallest absolute Gasteiger partial charge is 0.358 e. The van der Waals surface area contributed by atoms with E-state index in [1.54, 1.807) is 36.9 Å². The van der Waals surface area contributed by atoms with Crippen LogP contribution in [0.2, 0.25) is 10.0 Å². The number of halogens is 2. The summed E-state index contributed by atoms with van der Waals surface area (Å²) < 4.78 is 2.96. The lowest BCUT2D eigenvalue weighted by Crippen LogP contribution is -2.25. The highest BCUT2D eigenvalue weighted by atomic mass is 35.5. The van der Waals surface area contributed by atoms with Crippen LogP contribution in [-0.4, -0.2) is 30.4 Å². The van der Waals surface area contributed by atoms with Gasteiger partial charge in [0.25, 0.3) is 5.91 Å². The topological polar surface area (TPSA) is 108 Å². The van der Waals surface area contributed by atoms with Crippen LogP contribution in [0, 0.1) is 17.0 Å². The molecular formula is C17H16Cl2N6O3. The summed E-state index contributed by atoms with van der Waals surface area (Å²) in [5, 5.41) is 22.6. The Morgan fingerprint density at radius 3 is 2.71 bits per heavy atom. The molecule has 0 fully saturated rings. The largest absolute Gasteiger partial charge is 0.390 e. The molecule has 2 aromatic heterocycles. The number of nitrogens with one attached hydrogen (secondary N) is 1. The average molecular weight is 423 g/mol. The average Bonchev–Trinajstić information content (AvgIpc) is 3.24. The molecule has 3 rings (SSSR count). The number of aromatic nitrogens is 4. The van der Waals surface area contributed by atoms with Crippen LogP contribution in [0.5, 0.6) is 0 Å². The van der Waals surface area contributed by atoms with Gasteiger partial charge >= 0.3 is 5.82 Å². The molecule has 1 aromatic carbocycles. The number of benzene rings is 1. The molecule has 0 saturated heterocycles. The predicted molar refractivity (Wildman–Crippen MR) is 105 cm³/mol. The van der Waals surface area contributed by atoms with Crippen LogP contribution < -0.4 is 5.32 Å². The summed E-state index contributed by atoms with van der Waals surface area (Å²) in [6.07, 6.45) is 3.19. The number of rotatable bonds is 6. The minimum absolute atomic E-state index is 0.299. The highest BCUT2D eigenvalue weighted by Gasteiger charge is 2.24. The van der Waals surface area contributed by atoms with E-state index in [0.717, 1.165) is 5.56 Å². The van der Waals surface area contributed by atoms with Gasteiger partial charge in [-0.15, -0.1) is 0 Å². The standard InChI is InChI=1S/C17H16Cl2N6O3/c1-10-5-16(25(27)28)22-24(10)11(2)17(26)21-13-7-20-23(9-13)8-12-3-4-14(18)15(19)6-12/h3-7,9,11H,8H2,1-2H3,(H,21,26). The van der Waals surface area contributed by atoms with Crippen LogP contribution in [0.15, 0.2) is 36.7 Å². The van der Waals surface area contributed by atoms with Gasteiger partial charge in [-0.1, -0.05) is 29.3 Å². The van der Waals surface area contributed by atoms with Gasteiger partial charge in [0.05, 0.1) is 45.3 Å². The Bertz CT molecular complexity index is 1050. The second kappa shape index (κ2) is 7.99. The quantitative estimate of drug-likeness (QED) is 0.479. The van der Waals surface area contributed by atoms with Gasteiger partial charge in [0.2, 0.25) is 0 Å². The maximum absolute atomic E-state index is 12.5. The molecule has 9 nitrogen and oxygen atoms in total. The molecule has 146 valence electrons. The molecule has 1 atom stereocenters. The fourth-order valence-corrected chi connectivity index (χ4v) is 2.97. The Labute approximate surface area is 170 Å². The number of nitro groups is 1. The summed E-state index contributed by atoms with van der Waals surface area (Å²) in [6.45, 7) is 3.71. The molecule has 1 N–H and O–H groups in total. The van der Waals surface area contributed by atoms with E-state index in [4.69, 9.17) is 23.2 Å². The summed E-state index contributed by atoms with van der Waals surface area (Å²) >= 11 is 11.9. The van der Waals surface area contributed by atoms with Gasteiger partial charge in [-0.2, -0.15) is 9.78 Å². The lowest BCUT2D eigenvalue weighted by Gasteiger charge is -2.10. The monoisotopic (exact) mass is 422 g/mol. The zero-order valence-electron chi connectivity index (χ0n) is 15.0. The van der Waals surface area contributed by atoms with Gasteiger partial charge in [0.1, 0.15) is 6.04 Å². The molecular weight excluding hydrogens is 407 g/mol. The first-order chi connectivity index (χ1) is 13.2. The number of nitrogens with zero attached hydrogens (tertiary/aromatic N) is 5. The van der Waals surface area contributed by atoms with Crippen molar-refractivity contribution in [3.63, 3.8) is 0 Å². The third-order valence-electron chi connectivity index (χ3n) is 4.07. The van der Waals surface area contributed by atoms with Crippen LogP contribution in [0.25, 0.3) is 0 Å². The summed E-state index contributed by atoms with van der Waals surface area (Å²) in [6, 6.07) is 5.88. The number of carbonyl (C=O) groups excluding carboxylic acids is 1. The molecule has 0 aliphatic heterocycles. The summed E-state index contributed by atoms with van der Waals surface area (Å²) in [5.74, 6) is -0.665. The molecule has 0 aliphatic carbocycles. The van der Waals surface area contributed by atoms with E-state index in [-0.39, 0.29) is 11.7 Å². The van der Waals surface area contributed by atoms with Gasteiger partial charge in [-0.3, -0.25) is 9.48 Å². The first-order valence-corrected chi connectivity index (χ1v) is 8.98. The van der Waals surface area contributed by atoms with E-state index in [2.05, 4.69) is 15.5 Å². The molecule has 3 aromatic rings. The van der Waals surface area contributed by atoms with E-state index >= 15 is 0 Å². The number of hydrogen-bond donors (Lipinski definition) is 1. The molecule has 28 heavy (non-hydrogen) atoms. The van der Waals surface area contributed by atoms with E-state index in [1.807, 2.05) is 6.07 Å². The Morgan fingerprint density at radius 2 is 2.07 bits per heavy atom. The number of aryl methyl sites for hydroxylation is 1. The van der Waals surface area contributed by atoms with Gasteiger partial charge < -0.3 is 15.4 Å². The van der Waals surface area contributed by atoms with Crippen LogP contribution in [0.1, 0.15) is 24.2 Å². The molecule has 1 unspecified atom stereocenters. The van der Waals surface area contributed by atoms with Gasteiger partial charge in [-0.05, 0) is 36.5 Å². The fourth-order valence-electron chi connectivity index (χ4n) is 2.65. The zero-order chi connectivity index (χ0) is 20.4. The SMILES string of the molecule is Cc1cc([N+](=O)[O-])nn1C(C)C(=O)Nc1cnn(Cc2ccc(Cl)c(Cl)c2)c1. The number of hydrogen-bond acceptors (Lipinski definition) is 5. The van der Waals surface area contributed by atoms with Crippen LogP contribution in [-0.2, 0) is 11.3 Å². The molecule has 0 bridgehead atoms. The number of carbonyl (C=O) groups is 1. The molecule has 0 saturated carbocycles.